The van der Waals surface area contributed by atoms with Gasteiger partial charge in [-0.05, 0) is 49.8 Å². The van der Waals surface area contributed by atoms with E-state index >= 15 is 0 Å². The van der Waals surface area contributed by atoms with E-state index in [4.69, 9.17) is 14.2 Å². The van der Waals surface area contributed by atoms with Gasteiger partial charge in [-0.3, -0.25) is 4.79 Å². The Morgan fingerprint density at radius 2 is 1.90 bits per heavy atom. The molecule has 2 aromatic carbocycles. The fourth-order valence-corrected chi connectivity index (χ4v) is 3.14. The highest BCUT2D eigenvalue weighted by molar-refractivity contribution is 6.03. The third-order valence-corrected chi connectivity index (χ3v) is 4.49. The molecule has 6 heteroatoms. The van der Waals surface area contributed by atoms with Gasteiger partial charge in [0.1, 0.15) is 0 Å². The van der Waals surface area contributed by atoms with Crippen LogP contribution in [0.1, 0.15) is 19.4 Å². The second-order valence-corrected chi connectivity index (χ2v) is 7.02. The molecule has 1 aliphatic rings. The molecule has 2 aromatic rings. The van der Waals surface area contributed by atoms with Gasteiger partial charge in [-0.15, -0.1) is 0 Å². The second-order valence-electron chi connectivity index (χ2n) is 7.02. The first-order chi connectivity index (χ1) is 14.1. The largest absolute Gasteiger partial charge is 0.493 e. The summed E-state index contributed by atoms with van der Waals surface area (Å²) in [6.45, 7) is 6.94. The van der Waals surface area contributed by atoms with Gasteiger partial charge in [0.25, 0.3) is 0 Å². The molecule has 29 heavy (non-hydrogen) atoms. The summed E-state index contributed by atoms with van der Waals surface area (Å²) in [5.41, 5.74) is 2.66. The van der Waals surface area contributed by atoms with Gasteiger partial charge in [0.05, 0.1) is 37.8 Å². The highest BCUT2D eigenvalue weighted by Gasteiger charge is 2.15. The smallest absolute Gasteiger partial charge is 0.248 e. The molecule has 1 aliphatic heterocycles. The molecule has 0 saturated carbocycles. The number of morpholine rings is 1. The lowest BCUT2D eigenvalue weighted by molar-refractivity contribution is -0.111. The second kappa shape index (κ2) is 9.98. The zero-order chi connectivity index (χ0) is 20.6. The van der Waals surface area contributed by atoms with Crippen LogP contribution >= 0.6 is 0 Å². The number of nitrogens with zero attached hydrogens (tertiary/aromatic N) is 1. The maximum absolute atomic E-state index is 12.5. The van der Waals surface area contributed by atoms with E-state index in [2.05, 4.69) is 10.2 Å². The molecule has 0 atom stereocenters. The zero-order valence-corrected chi connectivity index (χ0v) is 17.2. The SMILES string of the molecule is COc1cc(C=CC(=O)Nc2ccccc2N2CCOCC2)ccc1OC(C)C. The molecular formula is C23H28N2O4. The van der Waals surface area contributed by atoms with E-state index in [1.54, 1.807) is 13.2 Å². The van der Waals surface area contributed by atoms with Crippen LogP contribution in [0.3, 0.4) is 0 Å². The maximum Gasteiger partial charge on any atom is 0.248 e. The van der Waals surface area contributed by atoms with Crippen molar-refractivity contribution in [2.75, 3.05) is 43.6 Å². The molecular weight excluding hydrogens is 368 g/mol. The average molecular weight is 396 g/mol. The zero-order valence-electron chi connectivity index (χ0n) is 17.2. The van der Waals surface area contributed by atoms with Gasteiger partial charge >= 0.3 is 0 Å². The summed E-state index contributed by atoms with van der Waals surface area (Å²) in [5, 5.41) is 2.98. The van der Waals surface area contributed by atoms with Crippen molar-refractivity contribution in [3.05, 3.63) is 54.1 Å². The van der Waals surface area contributed by atoms with Gasteiger partial charge < -0.3 is 24.4 Å². The summed E-state index contributed by atoms with van der Waals surface area (Å²) in [5.74, 6) is 1.13. The molecule has 0 aliphatic carbocycles. The number of carbonyl (C=O) groups excluding carboxylic acids is 1. The van der Waals surface area contributed by atoms with Gasteiger partial charge in [0, 0.05) is 19.2 Å². The third kappa shape index (κ3) is 5.74. The van der Waals surface area contributed by atoms with Crippen molar-refractivity contribution in [2.45, 2.75) is 20.0 Å². The van der Waals surface area contributed by atoms with E-state index in [0.717, 1.165) is 30.0 Å². The summed E-state index contributed by atoms with van der Waals surface area (Å²) in [6.07, 6.45) is 3.34. The topological polar surface area (TPSA) is 60.0 Å². The summed E-state index contributed by atoms with van der Waals surface area (Å²) in [6, 6.07) is 13.4. The highest BCUT2D eigenvalue weighted by atomic mass is 16.5. The average Bonchev–Trinajstić information content (AvgIpc) is 2.73. The van der Waals surface area contributed by atoms with E-state index in [0.29, 0.717) is 24.7 Å². The number of amides is 1. The molecule has 1 N–H and O–H groups in total. The van der Waals surface area contributed by atoms with Crippen LogP contribution in [-0.2, 0) is 9.53 Å². The van der Waals surface area contributed by atoms with Crippen LogP contribution in [0.25, 0.3) is 6.08 Å². The van der Waals surface area contributed by atoms with E-state index in [9.17, 15) is 4.79 Å². The van der Waals surface area contributed by atoms with Crippen LogP contribution in [-0.4, -0.2) is 45.4 Å². The normalized spacial score (nSPS) is 14.3. The molecule has 3 rings (SSSR count). The number of carbonyl (C=O) groups is 1. The number of anilines is 2. The number of hydrogen-bond acceptors (Lipinski definition) is 5. The lowest BCUT2D eigenvalue weighted by Gasteiger charge is -2.30. The highest BCUT2D eigenvalue weighted by Crippen LogP contribution is 2.30. The molecule has 1 heterocycles. The molecule has 1 saturated heterocycles. The molecule has 6 nitrogen and oxygen atoms in total. The van der Waals surface area contributed by atoms with E-state index in [1.165, 1.54) is 6.08 Å². The Balaban J connectivity index is 1.69. The Labute approximate surface area is 172 Å². The number of methoxy groups -OCH3 is 1. The summed E-state index contributed by atoms with van der Waals surface area (Å²) < 4.78 is 16.5. The summed E-state index contributed by atoms with van der Waals surface area (Å²) >= 11 is 0. The van der Waals surface area contributed by atoms with Crippen LogP contribution in [0.2, 0.25) is 0 Å². The monoisotopic (exact) mass is 396 g/mol. The lowest BCUT2D eigenvalue weighted by Crippen LogP contribution is -2.36. The Kier molecular flexibility index (Phi) is 7.14. The Morgan fingerprint density at radius 3 is 2.62 bits per heavy atom. The standard InChI is InChI=1S/C23H28N2O4/c1-17(2)29-21-10-8-18(16-22(21)27-3)9-11-23(26)24-19-6-4-5-7-20(19)25-12-14-28-15-13-25/h4-11,16-17H,12-15H2,1-3H3,(H,24,26). The minimum Gasteiger partial charge on any atom is -0.493 e. The quantitative estimate of drug-likeness (QED) is 0.718. The van der Waals surface area contributed by atoms with Gasteiger partial charge in [-0.1, -0.05) is 18.2 Å². The number of benzene rings is 2. The van der Waals surface area contributed by atoms with E-state index in [1.807, 2.05) is 56.3 Å². The molecule has 0 unspecified atom stereocenters. The van der Waals surface area contributed by atoms with Gasteiger partial charge in [-0.2, -0.15) is 0 Å². The molecule has 1 amide bonds. The van der Waals surface area contributed by atoms with E-state index < -0.39 is 0 Å². The van der Waals surface area contributed by atoms with Crippen molar-refractivity contribution in [3.63, 3.8) is 0 Å². The minimum absolute atomic E-state index is 0.0580. The fourth-order valence-electron chi connectivity index (χ4n) is 3.14. The first-order valence-electron chi connectivity index (χ1n) is 9.82. The van der Waals surface area contributed by atoms with Crippen LogP contribution in [0.15, 0.2) is 48.5 Å². The van der Waals surface area contributed by atoms with Crippen molar-refractivity contribution in [1.29, 1.82) is 0 Å². The van der Waals surface area contributed by atoms with Gasteiger partial charge in [0.2, 0.25) is 5.91 Å². The molecule has 0 spiro atoms. The number of nitrogens with one attached hydrogen (secondary N) is 1. The predicted molar refractivity (Wildman–Crippen MR) is 116 cm³/mol. The number of rotatable bonds is 7. The predicted octanol–water partition coefficient (Wildman–Crippen LogP) is 3.97. The number of ether oxygens (including phenoxy) is 3. The molecule has 0 aromatic heterocycles. The Morgan fingerprint density at radius 1 is 1.14 bits per heavy atom. The van der Waals surface area contributed by atoms with Crippen molar-refractivity contribution in [1.82, 2.24) is 0 Å². The van der Waals surface area contributed by atoms with E-state index in [-0.39, 0.29) is 12.0 Å². The first kappa shape index (κ1) is 20.7. The van der Waals surface area contributed by atoms with Crippen molar-refractivity contribution in [2.24, 2.45) is 0 Å². The van der Waals surface area contributed by atoms with Crippen LogP contribution in [0.5, 0.6) is 11.5 Å². The molecule has 154 valence electrons. The van der Waals surface area contributed by atoms with Gasteiger partial charge in [0.15, 0.2) is 11.5 Å². The lowest BCUT2D eigenvalue weighted by atomic mass is 10.1. The Bertz CT molecular complexity index is 858. The third-order valence-electron chi connectivity index (χ3n) is 4.49. The van der Waals surface area contributed by atoms with Crippen LogP contribution in [0.4, 0.5) is 11.4 Å². The van der Waals surface area contributed by atoms with Crippen molar-refractivity contribution >= 4 is 23.4 Å². The summed E-state index contributed by atoms with van der Waals surface area (Å²) in [4.78, 5) is 14.7. The first-order valence-corrected chi connectivity index (χ1v) is 9.82. The van der Waals surface area contributed by atoms with Gasteiger partial charge in [-0.25, -0.2) is 0 Å². The molecule has 0 bridgehead atoms. The van der Waals surface area contributed by atoms with Crippen LogP contribution < -0.4 is 19.7 Å². The van der Waals surface area contributed by atoms with Crippen LogP contribution in [0, 0.1) is 0 Å². The van der Waals surface area contributed by atoms with Crippen molar-refractivity contribution in [3.8, 4) is 11.5 Å². The molecule has 1 fully saturated rings. The maximum atomic E-state index is 12.5. The minimum atomic E-state index is -0.188. The van der Waals surface area contributed by atoms with Crippen molar-refractivity contribution < 1.29 is 19.0 Å². The molecule has 0 radical (unpaired) electrons. The summed E-state index contributed by atoms with van der Waals surface area (Å²) in [7, 11) is 1.60. The fraction of sp³-hybridized carbons (Fsp3) is 0.348. The Hall–Kier alpha value is -2.99. The number of hydrogen-bond donors (Lipinski definition) is 1. The number of para-hydroxylation sites is 2.